The van der Waals surface area contributed by atoms with Gasteiger partial charge in [-0.05, 0) is 44.4 Å². The Morgan fingerprint density at radius 3 is 2.41 bits per heavy atom. The van der Waals surface area contributed by atoms with E-state index in [0.29, 0.717) is 11.4 Å². The van der Waals surface area contributed by atoms with Gasteiger partial charge in [0.1, 0.15) is 0 Å². The highest BCUT2D eigenvalue weighted by Crippen LogP contribution is 2.30. The lowest BCUT2D eigenvalue weighted by molar-refractivity contribution is -0.120. The second-order valence-corrected chi connectivity index (χ2v) is 5.93. The van der Waals surface area contributed by atoms with E-state index in [-0.39, 0.29) is 42.1 Å². The number of nitrogens with one attached hydrogen (secondary N) is 2. The summed E-state index contributed by atoms with van der Waals surface area (Å²) in [7, 11) is 0. The number of hydrogen-bond donors (Lipinski definition) is 3. The normalized spacial score (nSPS) is 16.2. The Kier molecular flexibility index (Phi) is 6.38. The maximum atomic E-state index is 12.1. The van der Waals surface area contributed by atoms with Gasteiger partial charge in [0, 0.05) is 23.3 Å². The smallest absolute Gasteiger partial charge is 0.228 e. The molecular formula is C16H24ClN3O2. The molecule has 2 atom stereocenters. The lowest BCUT2D eigenvalue weighted by atomic mass is 10.0. The summed E-state index contributed by atoms with van der Waals surface area (Å²) in [5.41, 5.74) is 8.11. The van der Waals surface area contributed by atoms with E-state index < -0.39 is 0 Å². The minimum atomic E-state index is -0.269. The number of benzene rings is 1. The Labute approximate surface area is 137 Å². The van der Waals surface area contributed by atoms with Gasteiger partial charge in [-0.25, -0.2) is 0 Å². The summed E-state index contributed by atoms with van der Waals surface area (Å²) >= 11 is 0. The van der Waals surface area contributed by atoms with Crippen LogP contribution >= 0.6 is 12.4 Å². The third-order valence-electron chi connectivity index (χ3n) is 3.91. The Balaban J connectivity index is 0.00000242. The fraction of sp³-hybridized carbons (Fsp3) is 0.500. The van der Waals surface area contributed by atoms with Crippen LogP contribution in [0.25, 0.3) is 0 Å². The third kappa shape index (κ3) is 4.71. The van der Waals surface area contributed by atoms with Crippen molar-refractivity contribution in [3.63, 3.8) is 0 Å². The van der Waals surface area contributed by atoms with E-state index in [0.717, 1.165) is 18.4 Å². The molecule has 6 heteroatoms. The summed E-state index contributed by atoms with van der Waals surface area (Å²) in [6.45, 7) is 5.52. The Bertz CT molecular complexity index is 556. The quantitative estimate of drug-likeness (QED) is 0.778. The minimum absolute atomic E-state index is 0. The van der Waals surface area contributed by atoms with Gasteiger partial charge in [-0.15, -0.1) is 12.4 Å². The highest BCUT2D eigenvalue weighted by molar-refractivity contribution is 5.97. The molecule has 0 heterocycles. The molecule has 0 radical (unpaired) electrons. The standard InChI is InChI=1S/C16H23N3O2.ClH/c1-9-4-7-13(18-16(21)12-5-6-12)8-14(9)19-15(20)10(2)11(3)17;/h4,7-8,10-12H,5-6,17H2,1-3H3,(H,18,21)(H,19,20);1H. The van der Waals surface area contributed by atoms with Crippen LogP contribution in [-0.4, -0.2) is 17.9 Å². The molecule has 122 valence electrons. The Hall–Kier alpha value is -1.59. The minimum Gasteiger partial charge on any atom is -0.327 e. The summed E-state index contributed by atoms with van der Waals surface area (Å²) < 4.78 is 0. The molecule has 5 nitrogen and oxygen atoms in total. The van der Waals surface area contributed by atoms with Gasteiger partial charge in [0.05, 0.1) is 5.92 Å². The fourth-order valence-corrected chi connectivity index (χ4v) is 1.91. The van der Waals surface area contributed by atoms with Gasteiger partial charge in [-0.3, -0.25) is 9.59 Å². The zero-order chi connectivity index (χ0) is 15.6. The largest absolute Gasteiger partial charge is 0.327 e. The van der Waals surface area contributed by atoms with E-state index >= 15 is 0 Å². The summed E-state index contributed by atoms with van der Waals surface area (Å²) in [5, 5.41) is 5.76. The van der Waals surface area contributed by atoms with E-state index in [4.69, 9.17) is 5.73 Å². The van der Waals surface area contributed by atoms with Crippen LogP contribution in [0.4, 0.5) is 11.4 Å². The van der Waals surface area contributed by atoms with Crippen LogP contribution in [0.2, 0.25) is 0 Å². The van der Waals surface area contributed by atoms with E-state index in [1.165, 1.54) is 0 Å². The first-order valence-corrected chi connectivity index (χ1v) is 7.36. The molecule has 0 saturated heterocycles. The van der Waals surface area contributed by atoms with Crippen molar-refractivity contribution < 1.29 is 9.59 Å². The van der Waals surface area contributed by atoms with Gasteiger partial charge in [0.2, 0.25) is 11.8 Å². The molecule has 1 aromatic rings. The zero-order valence-corrected chi connectivity index (χ0v) is 14.0. The van der Waals surface area contributed by atoms with Crippen LogP contribution in [0, 0.1) is 18.8 Å². The van der Waals surface area contributed by atoms with E-state index in [1.807, 2.05) is 26.0 Å². The molecule has 2 amide bonds. The number of aryl methyl sites for hydroxylation is 1. The fourth-order valence-electron chi connectivity index (χ4n) is 1.91. The molecule has 0 spiro atoms. The number of halogens is 1. The number of hydrogen-bond acceptors (Lipinski definition) is 3. The molecule has 1 aliphatic rings. The average Bonchev–Trinajstić information content (AvgIpc) is 3.25. The summed E-state index contributed by atoms with van der Waals surface area (Å²) in [4.78, 5) is 23.9. The first kappa shape index (κ1) is 18.5. The maximum absolute atomic E-state index is 12.1. The molecule has 0 bridgehead atoms. The van der Waals surface area contributed by atoms with Crippen molar-refractivity contribution in [2.24, 2.45) is 17.6 Å². The molecule has 1 aromatic carbocycles. The van der Waals surface area contributed by atoms with Gasteiger partial charge in [0.15, 0.2) is 0 Å². The highest BCUT2D eigenvalue weighted by atomic mass is 35.5. The first-order chi connectivity index (χ1) is 9.88. The van der Waals surface area contributed by atoms with Crippen molar-refractivity contribution in [2.75, 3.05) is 10.6 Å². The number of nitrogens with two attached hydrogens (primary N) is 1. The summed E-state index contributed by atoms with van der Waals surface area (Å²) in [6, 6.07) is 5.32. The molecule has 4 N–H and O–H groups in total. The van der Waals surface area contributed by atoms with Crippen molar-refractivity contribution in [1.29, 1.82) is 0 Å². The second-order valence-electron chi connectivity index (χ2n) is 5.93. The van der Waals surface area contributed by atoms with Crippen molar-refractivity contribution >= 4 is 35.6 Å². The predicted molar refractivity (Wildman–Crippen MR) is 91.2 cm³/mol. The molecule has 0 aromatic heterocycles. The second kappa shape index (κ2) is 7.61. The number of carbonyl (C=O) groups is 2. The van der Waals surface area contributed by atoms with Gasteiger partial charge in [-0.1, -0.05) is 13.0 Å². The topological polar surface area (TPSA) is 84.2 Å². The number of rotatable bonds is 5. The van der Waals surface area contributed by atoms with Gasteiger partial charge < -0.3 is 16.4 Å². The maximum Gasteiger partial charge on any atom is 0.228 e. The van der Waals surface area contributed by atoms with Crippen LogP contribution in [0.1, 0.15) is 32.3 Å². The molecular weight excluding hydrogens is 302 g/mol. The number of amides is 2. The van der Waals surface area contributed by atoms with Crippen LogP contribution in [-0.2, 0) is 9.59 Å². The molecule has 0 aliphatic heterocycles. The van der Waals surface area contributed by atoms with E-state index in [9.17, 15) is 9.59 Å². The van der Waals surface area contributed by atoms with E-state index in [2.05, 4.69) is 10.6 Å². The molecule has 2 rings (SSSR count). The molecule has 1 fully saturated rings. The zero-order valence-electron chi connectivity index (χ0n) is 13.2. The van der Waals surface area contributed by atoms with Crippen LogP contribution in [0.3, 0.4) is 0 Å². The van der Waals surface area contributed by atoms with Gasteiger partial charge >= 0.3 is 0 Å². The Morgan fingerprint density at radius 1 is 1.23 bits per heavy atom. The first-order valence-electron chi connectivity index (χ1n) is 7.36. The lowest BCUT2D eigenvalue weighted by Gasteiger charge is -2.17. The van der Waals surface area contributed by atoms with Crippen LogP contribution in [0.5, 0.6) is 0 Å². The van der Waals surface area contributed by atoms with Crippen molar-refractivity contribution in [3.05, 3.63) is 23.8 Å². The molecule has 22 heavy (non-hydrogen) atoms. The number of carbonyl (C=O) groups excluding carboxylic acids is 2. The average molecular weight is 326 g/mol. The monoisotopic (exact) mass is 325 g/mol. The van der Waals surface area contributed by atoms with Crippen LogP contribution in [0.15, 0.2) is 18.2 Å². The molecule has 1 saturated carbocycles. The Morgan fingerprint density at radius 2 is 1.86 bits per heavy atom. The summed E-state index contributed by atoms with van der Waals surface area (Å²) in [6.07, 6.45) is 1.93. The predicted octanol–water partition coefficient (Wildman–Crippen LogP) is 2.69. The van der Waals surface area contributed by atoms with Crippen LogP contribution < -0.4 is 16.4 Å². The lowest BCUT2D eigenvalue weighted by Crippen LogP contribution is -2.34. The summed E-state index contributed by atoms with van der Waals surface area (Å²) in [5.74, 6) is -0.171. The molecule has 2 unspecified atom stereocenters. The van der Waals surface area contributed by atoms with Gasteiger partial charge in [-0.2, -0.15) is 0 Å². The third-order valence-corrected chi connectivity index (χ3v) is 3.91. The van der Waals surface area contributed by atoms with Gasteiger partial charge in [0.25, 0.3) is 0 Å². The number of anilines is 2. The van der Waals surface area contributed by atoms with Crippen molar-refractivity contribution in [1.82, 2.24) is 0 Å². The SMILES string of the molecule is Cc1ccc(NC(=O)C2CC2)cc1NC(=O)C(C)C(C)N.Cl. The van der Waals surface area contributed by atoms with Crippen molar-refractivity contribution in [2.45, 2.75) is 39.7 Å². The molecule has 1 aliphatic carbocycles. The van der Waals surface area contributed by atoms with E-state index in [1.54, 1.807) is 13.0 Å². The highest BCUT2D eigenvalue weighted by Gasteiger charge is 2.29. The van der Waals surface area contributed by atoms with Crippen molar-refractivity contribution in [3.8, 4) is 0 Å².